The summed E-state index contributed by atoms with van der Waals surface area (Å²) in [6.07, 6.45) is 0. The largest absolute Gasteiger partial charge is 0.383 e. The molecule has 0 fully saturated rings. The molecule has 2 rings (SSSR count). The van der Waals surface area contributed by atoms with E-state index in [1.54, 1.807) is 0 Å². The lowest BCUT2D eigenvalue weighted by atomic mass is 10.1. The Hall–Kier alpha value is -1.00. The molecule has 1 aromatic heterocycles. The summed E-state index contributed by atoms with van der Waals surface area (Å²) in [6, 6.07) is 5.90. The van der Waals surface area contributed by atoms with Gasteiger partial charge in [0.15, 0.2) is 0 Å². The van der Waals surface area contributed by atoms with Gasteiger partial charge in [0.1, 0.15) is 17.3 Å². The average molecular weight is 329 g/mol. The first-order valence-corrected chi connectivity index (χ1v) is 6.88. The molecule has 96 valence electrons. The lowest BCUT2D eigenvalue weighted by Gasteiger charge is -2.11. The normalized spacial score (nSPS) is 11.2. The third-order valence-corrected chi connectivity index (χ3v) is 3.72. The Bertz CT molecular complexity index is 590. The molecule has 0 atom stereocenters. The third-order valence-electron chi connectivity index (χ3n) is 2.83. The fraction of sp³-hybridized carbons (Fsp3) is 0.308. The number of imidazole rings is 1. The van der Waals surface area contributed by atoms with Gasteiger partial charge in [0.25, 0.3) is 0 Å². The number of aryl methyl sites for hydroxylation is 1. The highest BCUT2D eigenvalue weighted by atomic mass is 79.9. The van der Waals surface area contributed by atoms with Crippen molar-refractivity contribution in [3.05, 3.63) is 33.5 Å². The summed E-state index contributed by atoms with van der Waals surface area (Å²) >= 11 is 9.44. The molecule has 0 radical (unpaired) electrons. The first kappa shape index (κ1) is 13.4. The Morgan fingerprint density at radius 2 is 2.06 bits per heavy atom. The van der Waals surface area contributed by atoms with Crippen LogP contribution in [0.3, 0.4) is 0 Å². The molecule has 3 nitrogen and oxygen atoms in total. The van der Waals surface area contributed by atoms with Crippen molar-refractivity contribution in [2.24, 2.45) is 0 Å². The van der Waals surface area contributed by atoms with Crippen LogP contribution in [0.5, 0.6) is 0 Å². The fourth-order valence-corrected chi connectivity index (χ4v) is 2.96. The molecule has 0 spiro atoms. The molecule has 1 aromatic carbocycles. The first-order valence-electron chi connectivity index (χ1n) is 5.71. The van der Waals surface area contributed by atoms with E-state index in [0.717, 1.165) is 21.6 Å². The van der Waals surface area contributed by atoms with E-state index in [4.69, 9.17) is 17.3 Å². The Morgan fingerprint density at radius 3 is 2.56 bits per heavy atom. The number of nitrogen functional groups attached to an aromatic ring is 1. The molecule has 0 bridgehead atoms. The molecule has 18 heavy (non-hydrogen) atoms. The second kappa shape index (κ2) is 4.94. The number of benzene rings is 1. The van der Waals surface area contributed by atoms with Crippen LogP contribution in [-0.4, -0.2) is 9.55 Å². The molecular formula is C13H15BrClN3. The molecule has 0 unspecified atom stereocenters. The van der Waals surface area contributed by atoms with Crippen LogP contribution in [0.4, 0.5) is 5.82 Å². The van der Waals surface area contributed by atoms with Crippen molar-refractivity contribution in [3.8, 4) is 11.3 Å². The second-order valence-electron chi connectivity index (χ2n) is 4.48. The van der Waals surface area contributed by atoms with Gasteiger partial charge < -0.3 is 10.3 Å². The van der Waals surface area contributed by atoms with Gasteiger partial charge in [0.05, 0.1) is 0 Å². The zero-order valence-electron chi connectivity index (χ0n) is 10.5. The van der Waals surface area contributed by atoms with Gasteiger partial charge >= 0.3 is 0 Å². The molecule has 0 aliphatic carbocycles. The topological polar surface area (TPSA) is 43.8 Å². The van der Waals surface area contributed by atoms with E-state index in [0.29, 0.717) is 10.8 Å². The van der Waals surface area contributed by atoms with E-state index in [1.165, 1.54) is 0 Å². The monoisotopic (exact) mass is 327 g/mol. The SMILES string of the molecule is Cc1nc(-c2ccc(Cl)cc2Br)c(N)n1C(C)C. The van der Waals surface area contributed by atoms with Crippen LogP contribution in [0.1, 0.15) is 25.7 Å². The maximum atomic E-state index is 6.19. The van der Waals surface area contributed by atoms with Gasteiger partial charge in [-0.3, -0.25) is 0 Å². The summed E-state index contributed by atoms with van der Waals surface area (Å²) < 4.78 is 2.92. The van der Waals surface area contributed by atoms with Crippen molar-refractivity contribution >= 4 is 33.3 Å². The third kappa shape index (κ3) is 2.27. The van der Waals surface area contributed by atoms with Crippen LogP contribution < -0.4 is 5.73 Å². The van der Waals surface area contributed by atoms with Gasteiger partial charge in [-0.05, 0) is 32.9 Å². The van der Waals surface area contributed by atoms with Crippen molar-refractivity contribution in [1.82, 2.24) is 9.55 Å². The van der Waals surface area contributed by atoms with Crippen molar-refractivity contribution in [2.75, 3.05) is 5.73 Å². The van der Waals surface area contributed by atoms with Crippen LogP contribution in [0.2, 0.25) is 5.02 Å². The summed E-state index contributed by atoms with van der Waals surface area (Å²) in [7, 11) is 0. The minimum atomic E-state index is 0.289. The Kier molecular flexibility index (Phi) is 3.69. The summed E-state index contributed by atoms with van der Waals surface area (Å²) in [4.78, 5) is 4.56. The summed E-state index contributed by atoms with van der Waals surface area (Å²) in [5.41, 5.74) is 7.94. The zero-order valence-corrected chi connectivity index (χ0v) is 12.9. The summed E-state index contributed by atoms with van der Waals surface area (Å²) in [5.74, 6) is 1.60. The van der Waals surface area contributed by atoms with E-state index in [2.05, 4.69) is 34.8 Å². The lowest BCUT2D eigenvalue weighted by Crippen LogP contribution is -2.07. The van der Waals surface area contributed by atoms with Crippen molar-refractivity contribution < 1.29 is 0 Å². The molecule has 2 N–H and O–H groups in total. The molecule has 0 aliphatic rings. The van der Waals surface area contributed by atoms with Crippen molar-refractivity contribution in [2.45, 2.75) is 26.8 Å². The molecule has 5 heteroatoms. The summed E-state index contributed by atoms with van der Waals surface area (Å²) in [6.45, 7) is 6.14. The van der Waals surface area contributed by atoms with Crippen LogP contribution in [0.15, 0.2) is 22.7 Å². The lowest BCUT2D eigenvalue weighted by molar-refractivity contribution is 0.590. The minimum Gasteiger partial charge on any atom is -0.383 e. The van der Waals surface area contributed by atoms with E-state index < -0.39 is 0 Å². The maximum Gasteiger partial charge on any atom is 0.132 e. The number of halogens is 2. The molecular weight excluding hydrogens is 314 g/mol. The Labute approximate surface area is 120 Å². The number of rotatable bonds is 2. The second-order valence-corrected chi connectivity index (χ2v) is 5.77. The first-order chi connectivity index (χ1) is 8.41. The number of nitrogens with two attached hydrogens (primary N) is 1. The zero-order chi connectivity index (χ0) is 13.4. The number of aromatic nitrogens is 2. The Balaban J connectivity index is 2.62. The maximum absolute atomic E-state index is 6.19. The van der Waals surface area contributed by atoms with Gasteiger partial charge in [0.2, 0.25) is 0 Å². The number of hydrogen-bond donors (Lipinski definition) is 1. The number of anilines is 1. The number of hydrogen-bond acceptors (Lipinski definition) is 2. The van der Waals surface area contributed by atoms with Crippen LogP contribution >= 0.6 is 27.5 Å². The standard InChI is InChI=1S/C13H15BrClN3/c1-7(2)18-8(3)17-12(13(18)16)10-5-4-9(15)6-11(10)14/h4-7H,16H2,1-3H3. The predicted octanol–water partition coefficient (Wildman–Crippen LogP) is 4.44. The predicted molar refractivity (Wildman–Crippen MR) is 79.9 cm³/mol. The highest BCUT2D eigenvalue weighted by Gasteiger charge is 2.17. The van der Waals surface area contributed by atoms with E-state index >= 15 is 0 Å². The fourth-order valence-electron chi connectivity index (χ4n) is 2.09. The molecule has 0 saturated heterocycles. The van der Waals surface area contributed by atoms with Gasteiger partial charge in [0, 0.05) is 21.1 Å². The van der Waals surface area contributed by atoms with E-state index in [1.807, 2.05) is 29.7 Å². The van der Waals surface area contributed by atoms with Crippen LogP contribution in [0.25, 0.3) is 11.3 Å². The molecule has 2 aromatic rings. The van der Waals surface area contributed by atoms with E-state index in [-0.39, 0.29) is 6.04 Å². The summed E-state index contributed by atoms with van der Waals surface area (Å²) in [5, 5.41) is 0.684. The van der Waals surface area contributed by atoms with Gasteiger partial charge in [-0.1, -0.05) is 33.6 Å². The van der Waals surface area contributed by atoms with Gasteiger partial charge in [-0.15, -0.1) is 0 Å². The smallest absolute Gasteiger partial charge is 0.132 e. The van der Waals surface area contributed by atoms with Gasteiger partial charge in [-0.25, -0.2) is 4.98 Å². The highest BCUT2D eigenvalue weighted by molar-refractivity contribution is 9.10. The Morgan fingerprint density at radius 1 is 1.39 bits per heavy atom. The quantitative estimate of drug-likeness (QED) is 0.886. The van der Waals surface area contributed by atoms with E-state index in [9.17, 15) is 0 Å². The molecule has 1 heterocycles. The molecule has 0 aliphatic heterocycles. The van der Waals surface area contributed by atoms with Crippen LogP contribution in [0, 0.1) is 6.92 Å². The van der Waals surface area contributed by atoms with Crippen LogP contribution in [-0.2, 0) is 0 Å². The van der Waals surface area contributed by atoms with Crippen molar-refractivity contribution in [3.63, 3.8) is 0 Å². The number of nitrogens with zero attached hydrogens (tertiary/aromatic N) is 2. The average Bonchev–Trinajstić information content (AvgIpc) is 2.54. The molecule has 0 amide bonds. The minimum absolute atomic E-state index is 0.289. The highest BCUT2D eigenvalue weighted by Crippen LogP contribution is 2.34. The van der Waals surface area contributed by atoms with Crippen molar-refractivity contribution in [1.29, 1.82) is 0 Å². The molecule has 0 saturated carbocycles. The van der Waals surface area contributed by atoms with Gasteiger partial charge in [-0.2, -0.15) is 0 Å².